The van der Waals surface area contributed by atoms with E-state index in [1.807, 2.05) is 12.1 Å². The molecule has 38 heavy (non-hydrogen) atoms. The van der Waals surface area contributed by atoms with Gasteiger partial charge in [0.1, 0.15) is 0 Å². The first-order chi connectivity index (χ1) is 18.2. The van der Waals surface area contributed by atoms with Gasteiger partial charge >= 0.3 is 12.1 Å². The zero-order chi connectivity index (χ0) is 27.3. The van der Waals surface area contributed by atoms with Crippen molar-refractivity contribution in [2.24, 2.45) is 0 Å². The molecule has 1 aliphatic rings. The fourth-order valence-corrected chi connectivity index (χ4v) is 4.61. The van der Waals surface area contributed by atoms with Crippen molar-refractivity contribution in [2.75, 3.05) is 6.54 Å². The van der Waals surface area contributed by atoms with Crippen LogP contribution in [0.2, 0.25) is 0 Å². The molecule has 0 radical (unpaired) electrons. The number of nitrogens with zero attached hydrogens (tertiary/aromatic N) is 2. The molecule has 0 saturated carbocycles. The van der Waals surface area contributed by atoms with Gasteiger partial charge in [0.15, 0.2) is 0 Å². The number of amides is 1. The molecule has 0 bridgehead atoms. The van der Waals surface area contributed by atoms with Crippen molar-refractivity contribution < 1.29 is 33.1 Å². The molecule has 1 amide bonds. The Hall–Kier alpha value is -4.15. The smallest absolute Gasteiger partial charge is 0.475 e. The number of hydrogen-bond donors (Lipinski definition) is 3. The molecule has 4 aromatic rings. The number of aromatic nitrogens is 1. The van der Waals surface area contributed by atoms with E-state index in [0.29, 0.717) is 5.56 Å². The van der Waals surface area contributed by atoms with E-state index in [1.165, 1.54) is 27.7 Å². The summed E-state index contributed by atoms with van der Waals surface area (Å²) < 4.78 is 34.2. The number of alkyl halides is 3. The number of carboxylic acids is 1. The lowest BCUT2D eigenvalue weighted by Gasteiger charge is -2.28. The van der Waals surface area contributed by atoms with Crippen molar-refractivity contribution in [2.45, 2.75) is 32.2 Å². The molecule has 0 unspecified atom stereocenters. The molecular formula is C28H26F3N3O4. The van der Waals surface area contributed by atoms with Gasteiger partial charge in [-0.15, -0.1) is 0 Å². The molecule has 7 nitrogen and oxygen atoms in total. The highest BCUT2D eigenvalue weighted by Gasteiger charge is 2.38. The Morgan fingerprint density at radius 1 is 0.868 bits per heavy atom. The number of rotatable bonds is 5. The summed E-state index contributed by atoms with van der Waals surface area (Å²) in [6.45, 7) is 3.67. The van der Waals surface area contributed by atoms with Gasteiger partial charge in [-0.05, 0) is 41.3 Å². The van der Waals surface area contributed by atoms with E-state index in [-0.39, 0.29) is 0 Å². The highest BCUT2D eigenvalue weighted by Crippen LogP contribution is 2.32. The fourth-order valence-electron chi connectivity index (χ4n) is 4.61. The Labute approximate surface area is 216 Å². The van der Waals surface area contributed by atoms with Gasteiger partial charge in [0, 0.05) is 48.3 Å². The van der Waals surface area contributed by atoms with E-state index >= 15 is 0 Å². The Morgan fingerprint density at radius 3 is 2.11 bits per heavy atom. The maximum atomic E-state index is 11.6. The summed E-state index contributed by atoms with van der Waals surface area (Å²) in [7, 11) is 0. The summed E-state index contributed by atoms with van der Waals surface area (Å²) >= 11 is 0. The quantitative estimate of drug-likeness (QED) is 0.252. The maximum absolute atomic E-state index is 11.6. The molecule has 5 rings (SSSR count). The molecule has 3 N–H and O–H groups in total. The number of aliphatic carboxylic acids is 1. The first kappa shape index (κ1) is 26.9. The number of halogens is 3. The van der Waals surface area contributed by atoms with Crippen LogP contribution in [-0.2, 0) is 30.8 Å². The van der Waals surface area contributed by atoms with Crippen LogP contribution in [-0.4, -0.2) is 44.4 Å². The summed E-state index contributed by atoms with van der Waals surface area (Å²) in [5.41, 5.74) is 8.68. The Kier molecular flexibility index (Phi) is 8.13. The van der Waals surface area contributed by atoms with E-state index in [0.717, 1.165) is 38.2 Å². The average Bonchev–Trinajstić information content (AvgIpc) is 3.22. The van der Waals surface area contributed by atoms with Crippen molar-refractivity contribution in [3.8, 4) is 0 Å². The largest absolute Gasteiger partial charge is 0.490 e. The molecule has 0 spiro atoms. The molecule has 1 aliphatic heterocycles. The maximum Gasteiger partial charge on any atom is 0.490 e. The Bertz CT molecular complexity index is 1420. The van der Waals surface area contributed by atoms with Crippen LogP contribution in [0.15, 0.2) is 78.9 Å². The van der Waals surface area contributed by atoms with E-state index < -0.39 is 18.1 Å². The summed E-state index contributed by atoms with van der Waals surface area (Å²) in [5.74, 6) is -3.25. The average molecular weight is 526 g/mol. The van der Waals surface area contributed by atoms with Crippen LogP contribution in [0.1, 0.15) is 32.7 Å². The van der Waals surface area contributed by atoms with Crippen molar-refractivity contribution in [1.82, 2.24) is 14.9 Å². The molecule has 1 aromatic heterocycles. The molecule has 3 aromatic carbocycles. The normalized spacial score (nSPS) is 13.4. The second-order valence-electron chi connectivity index (χ2n) is 8.92. The van der Waals surface area contributed by atoms with Gasteiger partial charge in [-0.1, -0.05) is 60.7 Å². The number of carboxylic acid groups (broad SMARTS) is 1. The topological polar surface area (TPSA) is 94.8 Å². The first-order valence-electron chi connectivity index (χ1n) is 11.9. The van der Waals surface area contributed by atoms with Crippen LogP contribution in [0.4, 0.5) is 13.2 Å². The van der Waals surface area contributed by atoms with E-state index in [1.54, 1.807) is 17.6 Å². The zero-order valence-corrected chi connectivity index (χ0v) is 20.3. The van der Waals surface area contributed by atoms with E-state index in [2.05, 4.69) is 64.1 Å². The van der Waals surface area contributed by atoms with Gasteiger partial charge in [-0.3, -0.25) is 14.9 Å². The molecule has 198 valence electrons. The van der Waals surface area contributed by atoms with Gasteiger partial charge in [-0.2, -0.15) is 13.2 Å². The lowest BCUT2D eigenvalue weighted by Crippen LogP contribution is -2.31. The third-order valence-corrected chi connectivity index (χ3v) is 6.40. The number of hydrogen-bond acceptors (Lipinski definition) is 4. The van der Waals surface area contributed by atoms with Crippen molar-refractivity contribution in [3.05, 3.63) is 107 Å². The lowest BCUT2D eigenvalue weighted by molar-refractivity contribution is -0.192. The summed E-state index contributed by atoms with van der Waals surface area (Å²) in [6, 6.07) is 26.7. The first-order valence-corrected chi connectivity index (χ1v) is 11.9. The molecule has 10 heteroatoms. The van der Waals surface area contributed by atoms with Crippen LogP contribution in [0, 0.1) is 0 Å². The second kappa shape index (κ2) is 11.5. The van der Waals surface area contributed by atoms with Crippen molar-refractivity contribution in [3.63, 3.8) is 0 Å². The molecule has 0 atom stereocenters. The predicted molar refractivity (Wildman–Crippen MR) is 135 cm³/mol. The van der Waals surface area contributed by atoms with Crippen molar-refractivity contribution >= 4 is 22.8 Å². The second-order valence-corrected chi connectivity index (χ2v) is 8.92. The monoisotopic (exact) mass is 525 g/mol. The minimum atomic E-state index is -5.08. The zero-order valence-electron chi connectivity index (χ0n) is 20.3. The SMILES string of the molecule is O=C(NO)c1ccc(Cn2c3c(c4ccccc42)CCN(Cc2ccccc2)C3)cc1.O=C(O)C(F)(F)F. The van der Waals surface area contributed by atoms with Crippen molar-refractivity contribution in [1.29, 1.82) is 0 Å². The number of carbonyl (C=O) groups is 2. The predicted octanol–water partition coefficient (Wildman–Crippen LogP) is 5.00. The molecule has 0 saturated heterocycles. The summed E-state index contributed by atoms with van der Waals surface area (Å²) in [6.07, 6.45) is -4.04. The third kappa shape index (κ3) is 6.21. The highest BCUT2D eigenvalue weighted by molar-refractivity contribution is 5.93. The third-order valence-electron chi connectivity index (χ3n) is 6.40. The van der Waals surface area contributed by atoms with Gasteiger partial charge in [0.05, 0.1) is 0 Å². The van der Waals surface area contributed by atoms with Crippen LogP contribution >= 0.6 is 0 Å². The van der Waals surface area contributed by atoms with Crippen LogP contribution in [0.25, 0.3) is 10.9 Å². The van der Waals surface area contributed by atoms with Crippen LogP contribution < -0.4 is 5.48 Å². The molecule has 2 heterocycles. The number of nitrogens with one attached hydrogen (secondary N) is 1. The van der Waals surface area contributed by atoms with Crippen LogP contribution in [0.5, 0.6) is 0 Å². The summed E-state index contributed by atoms with van der Waals surface area (Å²) in [4.78, 5) is 23.0. The Morgan fingerprint density at radius 2 is 1.47 bits per heavy atom. The highest BCUT2D eigenvalue weighted by atomic mass is 19.4. The number of fused-ring (bicyclic) bond motifs is 3. The van der Waals surface area contributed by atoms with Gasteiger partial charge in [0.2, 0.25) is 0 Å². The van der Waals surface area contributed by atoms with Gasteiger partial charge in [0.25, 0.3) is 5.91 Å². The minimum absolute atomic E-state index is 0.444. The number of para-hydroxylation sites is 1. The van der Waals surface area contributed by atoms with E-state index in [4.69, 9.17) is 15.1 Å². The Balaban J connectivity index is 0.000000426. The van der Waals surface area contributed by atoms with Crippen LogP contribution in [0.3, 0.4) is 0 Å². The van der Waals surface area contributed by atoms with E-state index in [9.17, 15) is 18.0 Å². The minimum Gasteiger partial charge on any atom is -0.475 e. The molecular weight excluding hydrogens is 499 g/mol. The summed E-state index contributed by atoms with van der Waals surface area (Å²) in [5, 5.41) is 17.3. The number of benzene rings is 3. The van der Waals surface area contributed by atoms with Gasteiger partial charge < -0.3 is 9.67 Å². The standard InChI is InChI=1S/C26H25N3O2.C2HF3O2/c30-26(27-31)21-12-10-20(11-13-21)17-29-24-9-5-4-8-22(24)23-14-15-28(18-25(23)29)16-19-6-2-1-3-7-19;3-2(4,5)1(6)7/h1-13,31H,14-18H2,(H,27,30);(H,6,7). The molecule has 0 fully saturated rings. The number of hydroxylamine groups is 1. The van der Waals surface area contributed by atoms with Gasteiger partial charge in [-0.25, -0.2) is 10.3 Å². The lowest BCUT2D eigenvalue weighted by atomic mass is 10.0. The fraction of sp³-hybridized carbons (Fsp3) is 0.214. The molecule has 0 aliphatic carbocycles. The number of carbonyl (C=O) groups excluding carboxylic acids is 1.